The molecule has 2 N–H and O–H groups in total. The Morgan fingerprint density at radius 2 is 1.89 bits per heavy atom. The Hall–Kier alpha value is -3.38. The van der Waals surface area contributed by atoms with E-state index in [0.717, 1.165) is 16.6 Å². The number of hydrogen-bond donors (Lipinski definition) is 2. The van der Waals surface area contributed by atoms with Gasteiger partial charge >= 0.3 is 0 Å². The number of carbonyl (C=O) groups excluding carboxylic acids is 2. The van der Waals surface area contributed by atoms with E-state index in [1.807, 2.05) is 41.0 Å². The summed E-state index contributed by atoms with van der Waals surface area (Å²) in [5.74, 6) is -0.00221. The van der Waals surface area contributed by atoms with Crippen molar-refractivity contribution in [2.45, 2.75) is 13.0 Å². The third kappa shape index (κ3) is 3.08. The number of hydrogen-bond acceptors (Lipinski definition) is 4. The smallest absolute Gasteiger partial charge is 0.226 e. The van der Waals surface area contributed by atoms with Gasteiger partial charge in [-0.05, 0) is 28.8 Å². The van der Waals surface area contributed by atoms with E-state index in [2.05, 4.69) is 10.3 Å². The minimum Gasteiger partial charge on any atom is -0.506 e. The number of carbonyl (C=O) groups is 2. The fraction of sp³-hybridized carbons (Fsp3) is 0.0952. The minimum atomic E-state index is -0.535. The van der Waals surface area contributed by atoms with Crippen molar-refractivity contribution in [3.8, 4) is 5.75 Å². The summed E-state index contributed by atoms with van der Waals surface area (Å²) in [6.07, 6.45) is 3.55. The normalized spacial score (nSPS) is 11.0. The van der Waals surface area contributed by atoms with E-state index >= 15 is 0 Å². The second kappa shape index (κ2) is 7.32. The SMILES string of the molecule is O=CNc1c(CC(=O)Cl)ccc2c1c1c(O)cncc1n2Cc1ccccc1. The topological polar surface area (TPSA) is 84.2 Å². The standard InChI is InChI=1S/C21H16ClN3O3/c22-18(28)8-14-6-7-15-20(21(14)24-12-26)19-16(9-23-10-17(19)27)25(15)11-13-4-2-1-3-5-13/h1-7,9-10,12,27H,8,11H2,(H,24,26). The minimum absolute atomic E-state index is 0.00221. The maximum atomic E-state index is 11.5. The lowest BCUT2D eigenvalue weighted by Crippen LogP contribution is -2.04. The first-order valence-corrected chi connectivity index (χ1v) is 9.01. The maximum absolute atomic E-state index is 11.5. The highest BCUT2D eigenvalue weighted by Crippen LogP contribution is 2.40. The average Bonchev–Trinajstić information content (AvgIpc) is 2.99. The average molecular weight is 394 g/mol. The van der Waals surface area contributed by atoms with E-state index in [1.54, 1.807) is 12.3 Å². The number of aromatic nitrogens is 2. The van der Waals surface area contributed by atoms with E-state index in [-0.39, 0.29) is 12.2 Å². The molecule has 28 heavy (non-hydrogen) atoms. The first-order chi connectivity index (χ1) is 13.6. The number of anilines is 1. The third-order valence-corrected chi connectivity index (χ3v) is 4.86. The van der Waals surface area contributed by atoms with E-state index in [0.29, 0.717) is 35.0 Å². The van der Waals surface area contributed by atoms with Gasteiger partial charge in [-0.2, -0.15) is 0 Å². The highest BCUT2D eigenvalue weighted by atomic mass is 35.5. The summed E-state index contributed by atoms with van der Waals surface area (Å²) in [6.45, 7) is 0.556. The summed E-state index contributed by atoms with van der Waals surface area (Å²) in [4.78, 5) is 26.9. The van der Waals surface area contributed by atoms with Crippen LogP contribution in [-0.2, 0) is 22.6 Å². The summed E-state index contributed by atoms with van der Waals surface area (Å²) < 4.78 is 2.02. The van der Waals surface area contributed by atoms with Gasteiger partial charge < -0.3 is 15.0 Å². The lowest BCUT2D eigenvalue weighted by Gasteiger charge is -2.11. The Bertz CT molecular complexity index is 1200. The van der Waals surface area contributed by atoms with Crippen molar-refractivity contribution in [3.05, 3.63) is 66.0 Å². The summed E-state index contributed by atoms with van der Waals surface area (Å²) in [5, 5.41) is 13.9. The van der Waals surface area contributed by atoms with Crippen LogP contribution in [0.4, 0.5) is 5.69 Å². The van der Waals surface area contributed by atoms with Crippen molar-refractivity contribution >= 4 is 50.7 Å². The van der Waals surface area contributed by atoms with Crippen LogP contribution in [0.5, 0.6) is 5.75 Å². The highest BCUT2D eigenvalue weighted by molar-refractivity contribution is 6.63. The molecule has 4 aromatic rings. The van der Waals surface area contributed by atoms with Crippen molar-refractivity contribution in [1.29, 1.82) is 0 Å². The van der Waals surface area contributed by atoms with Crippen LogP contribution in [0.25, 0.3) is 21.8 Å². The van der Waals surface area contributed by atoms with Gasteiger partial charge in [-0.3, -0.25) is 14.6 Å². The van der Waals surface area contributed by atoms with Crippen molar-refractivity contribution in [3.63, 3.8) is 0 Å². The number of rotatable bonds is 6. The molecule has 2 aromatic carbocycles. The van der Waals surface area contributed by atoms with Crippen molar-refractivity contribution in [2.75, 3.05) is 5.32 Å². The predicted molar refractivity (Wildman–Crippen MR) is 109 cm³/mol. The zero-order valence-corrected chi connectivity index (χ0v) is 15.5. The Balaban J connectivity index is 2.07. The Labute approximate surface area is 165 Å². The number of amides is 1. The van der Waals surface area contributed by atoms with Gasteiger partial charge in [0.05, 0.1) is 34.5 Å². The van der Waals surface area contributed by atoms with Crippen LogP contribution >= 0.6 is 11.6 Å². The molecule has 0 bridgehead atoms. The molecule has 4 rings (SSSR count). The number of halogens is 1. The van der Waals surface area contributed by atoms with Gasteiger partial charge in [0.15, 0.2) is 0 Å². The molecule has 6 nitrogen and oxygen atoms in total. The molecule has 0 radical (unpaired) electrons. The van der Waals surface area contributed by atoms with Gasteiger partial charge in [0.2, 0.25) is 11.7 Å². The highest BCUT2D eigenvalue weighted by Gasteiger charge is 2.20. The van der Waals surface area contributed by atoms with E-state index in [9.17, 15) is 14.7 Å². The molecule has 0 fully saturated rings. The van der Waals surface area contributed by atoms with E-state index < -0.39 is 5.24 Å². The summed E-state index contributed by atoms with van der Waals surface area (Å²) in [5.41, 5.74) is 3.64. The summed E-state index contributed by atoms with van der Waals surface area (Å²) in [6, 6.07) is 13.5. The molecule has 7 heteroatoms. The van der Waals surface area contributed by atoms with E-state index in [1.165, 1.54) is 6.20 Å². The summed E-state index contributed by atoms with van der Waals surface area (Å²) >= 11 is 5.58. The molecule has 2 aromatic heterocycles. The second-order valence-electron chi connectivity index (χ2n) is 6.41. The van der Waals surface area contributed by atoms with E-state index in [4.69, 9.17) is 11.6 Å². The van der Waals surface area contributed by atoms with Crippen LogP contribution in [0.3, 0.4) is 0 Å². The van der Waals surface area contributed by atoms with Crippen LogP contribution in [0.1, 0.15) is 11.1 Å². The fourth-order valence-electron chi connectivity index (χ4n) is 3.60. The molecule has 0 atom stereocenters. The van der Waals surface area contributed by atoms with Crippen LogP contribution in [0.15, 0.2) is 54.9 Å². The zero-order valence-electron chi connectivity index (χ0n) is 14.7. The van der Waals surface area contributed by atoms with Crippen LogP contribution in [-0.4, -0.2) is 26.3 Å². The number of nitrogens with zero attached hydrogens (tertiary/aromatic N) is 2. The Kier molecular flexibility index (Phi) is 4.71. The first-order valence-electron chi connectivity index (χ1n) is 8.63. The maximum Gasteiger partial charge on any atom is 0.226 e. The molecule has 1 amide bonds. The molecule has 0 aliphatic rings. The number of aromatic hydroxyl groups is 1. The van der Waals surface area contributed by atoms with Crippen LogP contribution in [0, 0.1) is 0 Å². The molecule has 0 unspecified atom stereocenters. The Morgan fingerprint density at radius 3 is 2.61 bits per heavy atom. The molecule has 140 valence electrons. The molecule has 0 saturated heterocycles. The molecule has 0 spiro atoms. The van der Waals surface area contributed by atoms with Gasteiger partial charge in [-0.15, -0.1) is 0 Å². The number of pyridine rings is 1. The fourth-order valence-corrected chi connectivity index (χ4v) is 3.74. The monoisotopic (exact) mass is 393 g/mol. The van der Waals surface area contributed by atoms with Gasteiger partial charge in [-0.1, -0.05) is 36.4 Å². The largest absolute Gasteiger partial charge is 0.506 e. The van der Waals surface area contributed by atoms with Gasteiger partial charge in [0.1, 0.15) is 5.75 Å². The lowest BCUT2D eigenvalue weighted by atomic mass is 10.0. The van der Waals surface area contributed by atoms with Crippen molar-refractivity contribution in [2.24, 2.45) is 0 Å². The van der Waals surface area contributed by atoms with Crippen LogP contribution in [0.2, 0.25) is 0 Å². The third-order valence-electron chi connectivity index (χ3n) is 4.72. The molecule has 0 saturated carbocycles. The first kappa shape index (κ1) is 18.0. The number of benzene rings is 2. The van der Waals surface area contributed by atoms with Crippen molar-refractivity contribution in [1.82, 2.24) is 9.55 Å². The molecular formula is C21H16ClN3O3. The quantitative estimate of drug-likeness (QED) is 0.385. The summed E-state index contributed by atoms with van der Waals surface area (Å²) in [7, 11) is 0. The number of fused-ring (bicyclic) bond motifs is 3. The molecular weight excluding hydrogens is 378 g/mol. The zero-order chi connectivity index (χ0) is 19.7. The van der Waals surface area contributed by atoms with Crippen molar-refractivity contribution < 1.29 is 14.7 Å². The Morgan fingerprint density at radius 1 is 1.11 bits per heavy atom. The predicted octanol–water partition coefficient (Wildman–Crippen LogP) is 3.82. The van der Waals surface area contributed by atoms with Crippen LogP contribution < -0.4 is 5.32 Å². The molecule has 0 aliphatic carbocycles. The van der Waals surface area contributed by atoms with Gasteiger partial charge in [0.25, 0.3) is 0 Å². The second-order valence-corrected chi connectivity index (χ2v) is 6.83. The molecule has 0 aliphatic heterocycles. The number of nitrogens with one attached hydrogen (secondary N) is 1. The van der Waals surface area contributed by atoms with Gasteiger partial charge in [0, 0.05) is 18.4 Å². The lowest BCUT2D eigenvalue weighted by molar-refractivity contribution is -0.111. The molecule has 2 heterocycles. The van der Waals surface area contributed by atoms with Gasteiger partial charge in [-0.25, -0.2) is 0 Å².